The molecule has 0 radical (unpaired) electrons. The zero-order valence-corrected chi connectivity index (χ0v) is 7.86. The number of amides is 1. The molecule has 0 bridgehead atoms. The van der Waals surface area contributed by atoms with Crippen molar-refractivity contribution in [2.45, 2.75) is 13.3 Å². The number of aromatic nitrogens is 1. The number of ketones is 1. The van der Waals surface area contributed by atoms with Crippen molar-refractivity contribution in [2.24, 2.45) is 0 Å². The zero-order chi connectivity index (χ0) is 10.1. The van der Waals surface area contributed by atoms with Crippen LogP contribution < -0.4 is 4.90 Å². The number of carbonyl (C=O) groups excluding carboxylic acids is 2. The van der Waals surface area contributed by atoms with E-state index < -0.39 is 0 Å². The van der Waals surface area contributed by atoms with E-state index in [9.17, 15) is 9.59 Å². The van der Waals surface area contributed by atoms with Crippen molar-refractivity contribution in [3.63, 3.8) is 0 Å². The van der Waals surface area contributed by atoms with Crippen LogP contribution in [0.4, 0.5) is 5.82 Å². The Morgan fingerprint density at radius 2 is 2.21 bits per heavy atom. The molecule has 1 amide bonds. The molecule has 2 heterocycles. The van der Waals surface area contributed by atoms with Crippen LogP contribution in [0.5, 0.6) is 0 Å². The minimum absolute atomic E-state index is 0.00955. The molecule has 0 unspecified atom stereocenters. The normalized spacial score (nSPS) is 16.5. The van der Waals surface area contributed by atoms with Gasteiger partial charge in [-0.1, -0.05) is 0 Å². The average Bonchev–Trinajstić information content (AvgIpc) is 2.45. The number of hydrogen-bond donors (Lipinski definition) is 0. The van der Waals surface area contributed by atoms with E-state index in [4.69, 9.17) is 0 Å². The number of anilines is 1. The first-order valence-electron chi connectivity index (χ1n) is 4.41. The molecule has 1 aliphatic rings. The highest BCUT2D eigenvalue weighted by Crippen LogP contribution is 2.17. The summed E-state index contributed by atoms with van der Waals surface area (Å²) in [6, 6.07) is 3.66. The van der Waals surface area contributed by atoms with Crippen LogP contribution in [0.25, 0.3) is 0 Å². The van der Waals surface area contributed by atoms with Gasteiger partial charge in [-0.05, 0) is 24.6 Å². The van der Waals surface area contributed by atoms with Crippen molar-refractivity contribution in [1.82, 2.24) is 4.98 Å². The van der Waals surface area contributed by atoms with E-state index in [0.717, 1.165) is 5.56 Å². The minimum Gasteiger partial charge on any atom is -0.297 e. The number of aryl methyl sites for hydroxylation is 1. The van der Waals surface area contributed by atoms with Gasteiger partial charge in [0.05, 0.1) is 13.0 Å². The van der Waals surface area contributed by atoms with Crippen molar-refractivity contribution in [3.05, 3.63) is 23.9 Å². The first-order chi connectivity index (χ1) is 6.66. The van der Waals surface area contributed by atoms with Crippen LogP contribution in [0.3, 0.4) is 0 Å². The van der Waals surface area contributed by atoms with Crippen molar-refractivity contribution < 1.29 is 9.59 Å². The van der Waals surface area contributed by atoms with Crippen molar-refractivity contribution >= 4 is 17.5 Å². The molecular weight excluding hydrogens is 180 g/mol. The van der Waals surface area contributed by atoms with Crippen LogP contribution in [0.15, 0.2) is 18.3 Å². The monoisotopic (exact) mass is 190 g/mol. The van der Waals surface area contributed by atoms with E-state index >= 15 is 0 Å². The van der Waals surface area contributed by atoms with E-state index in [1.54, 1.807) is 12.3 Å². The summed E-state index contributed by atoms with van der Waals surface area (Å²) in [5, 5.41) is 0. The highest BCUT2D eigenvalue weighted by atomic mass is 16.2. The topological polar surface area (TPSA) is 50.3 Å². The Kier molecular flexibility index (Phi) is 2.04. The van der Waals surface area contributed by atoms with Crippen LogP contribution in [0.2, 0.25) is 0 Å². The fourth-order valence-corrected chi connectivity index (χ4v) is 1.46. The molecule has 0 aromatic carbocycles. The summed E-state index contributed by atoms with van der Waals surface area (Å²) in [6.07, 6.45) is 1.65. The molecule has 72 valence electrons. The van der Waals surface area contributed by atoms with Gasteiger partial charge < -0.3 is 0 Å². The van der Waals surface area contributed by atoms with Gasteiger partial charge in [-0.15, -0.1) is 0 Å². The number of hydrogen-bond acceptors (Lipinski definition) is 3. The van der Waals surface area contributed by atoms with Gasteiger partial charge in [-0.2, -0.15) is 0 Å². The number of pyridine rings is 1. The number of nitrogens with zero attached hydrogens (tertiary/aromatic N) is 2. The molecule has 1 saturated heterocycles. The van der Waals surface area contributed by atoms with Gasteiger partial charge in [0.2, 0.25) is 5.91 Å². The Labute approximate surface area is 81.6 Å². The van der Waals surface area contributed by atoms with E-state index in [0.29, 0.717) is 5.82 Å². The van der Waals surface area contributed by atoms with Gasteiger partial charge in [-0.25, -0.2) is 4.98 Å². The van der Waals surface area contributed by atoms with Crippen LogP contribution in [0, 0.1) is 6.92 Å². The predicted octanol–water partition coefficient (Wildman–Crippen LogP) is 0.696. The second-order valence-corrected chi connectivity index (χ2v) is 3.39. The summed E-state index contributed by atoms with van der Waals surface area (Å²) in [5.41, 5.74) is 1.03. The summed E-state index contributed by atoms with van der Waals surface area (Å²) < 4.78 is 0. The first kappa shape index (κ1) is 8.87. The Morgan fingerprint density at radius 3 is 2.79 bits per heavy atom. The average molecular weight is 190 g/mol. The molecule has 14 heavy (non-hydrogen) atoms. The molecule has 0 N–H and O–H groups in total. The lowest BCUT2D eigenvalue weighted by Crippen LogP contribution is -2.25. The maximum atomic E-state index is 11.4. The van der Waals surface area contributed by atoms with Crippen LogP contribution >= 0.6 is 0 Å². The number of rotatable bonds is 1. The highest BCUT2D eigenvalue weighted by molar-refractivity contribution is 6.14. The fourth-order valence-electron chi connectivity index (χ4n) is 1.46. The Hall–Kier alpha value is -1.71. The SMILES string of the molecule is Cc1ccnc(N2CC(=O)CC2=O)c1. The van der Waals surface area contributed by atoms with Gasteiger partial charge in [-0.3, -0.25) is 14.5 Å². The predicted molar refractivity (Wildman–Crippen MR) is 51.0 cm³/mol. The van der Waals surface area contributed by atoms with Gasteiger partial charge in [0.25, 0.3) is 0 Å². The zero-order valence-electron chi connectivity index (χ0n) is 7.86. The van der Waals surface area contributed by atoms with Crippen molar-refractivity contribution in [2.75, 3.05) is 11.4 Å². The third-order valence-corrected chi connectivity index (χ3v) is 2.16. The second-order valence-electron chi connectivity index (χ2n) is 3.39. The van der Waals surface area contributed by atoms with Crippen molar-refractivity contribution in [3.8, 4) is 0 Å². The quantitative estimate of drug-likeness (QED) is 0.612. The Morgan fingerprint density at radius 1 is 1.43 bits per heavy atom. The third kappa shape index (κ3) is 1.51. The fraction of sp³-hybridized carbons (Fsp3) is 0.300. The number of carbonyl (C=O) groups is 2. The number of Topliss-reactive ketones (excluding diaryl/α,β-unsaturated/α-hetero) is 1. The van der Waals surface area contributed by atoms with Crippen molar-refractivity contribution in [1.29, 1.82) is 0 Å². The molecule has 4 heteroatoms. The second kappa shape index (κ2) is 3.21. The van der Waals surface area contributed by atoms with Crippen LogP contribution in [-0.4, -0.2) is 23.2 Å². The van der Waals surface area contributed by atoms with Crippen LogP contribution in [-0.2, 0) is 9.59 Å². The molecule has 1 fully saturated rings. The molecule has 1 aliphatic heterocycles. The summed E-state index contributed by atoms with van der Waals surface area (Å²) >= 11 is 0. The first-order valence-corrected chi connectivity index (χ1v) is 4.41. The third-order valence-electron chi connectivity index (χ3n) is 2.16. The summed E-state index contributed by atoms with van der Waals surface area (Å²) in [4.78, 5) is 27.9. The van der Waals surface area contributed by atoms with E-state index in [2.05, 4.69) is 4.98 Å². The molecule has 0 spiro atoms. The molecule has 2 rings (SSSR count). The van der Waals surface area contributed by atoms with Gasteiger partial charge >= 0.3 is 0 Å². The lowest BCUT2D eigenvalue weighted by atomic mass is 10.3. The van der Waals surface area contributed by atoms with E-state index in [1.165, 1.54) is 4.90 Å². The Bertz CT molecular complexity index is 401. The summed E-state index contributed by atoms with van der Waals surface area (Å²) in [5.74, 6) is 0.368. The molecular formula is C10H10N2O2. The van der Waals surface area contributed by atoms with Crippen LogP contribution in [0.1, 0.15) is 12.0 Å². The maximum Gasteiger partial charge on any atom is 0.236 e. The summed E-state index contributed by atoms with van der Waals surface area (Å²) in [6.45, 7) is 2.09. The molecule has 1 aromatic rings. The Balaban J connectivity index is 2.31. The molecule has 1 aromatic heterocycles. The van der Waals surface area contributed by atoms with Gasteiger partial charge in [0, 0.05) is 6.20 Å². The maximum absolute atomic E-state index is 11.4. The molecule has 0 saturated carbocycles. The van der Waals surface area contributed by atoms with E-state index in [-0.39, 0.29) is 24.7 Å². The smallest absolute Gasteiger partial charge is 0.236 e. The highest BCUT2D eigenvalue weighted by Gasteiger charge is 2.29. The van der Waals surface area contributed by atoms with E-state index in [1.807, 2.05) is 13.0 Å². The molecule has 4 nitrogen and oxygen atoms in total. The lowest BCUT2D eigenvalue weighted by molar-refractivity contribution is -0.121. The summed E-state index contributed by atoms with van der Waals surface area (Å²) in [7, 11) is 0. The standard InChI is InChI=1S/C10H10N2O2/c1-7-2-3-11-9(4-7)12-6-8(13)5-10(12)14/h2-4H,5-6H2,1H3. The minimum atomic E-state index is -0.159. The molecule has 0 atom stereocenters. The largest absolute Gasteiger partial charge is 0.297 e. The molecule has 0 aliphatic carbocycles. The van der Waals surface area contributed by atoms with Gasteiger partial charge in [0.1, 0.15) is 5.82 Å². The van der Waals surface area contributed by atoms with Gasteiger partial charge in [0.15, 0.2) is 5.78 Å². The lowest BCUT2D eigenvalue weighted by Gasteiger charge is -2.13.